The molecule has 1 aliphatic heterocycles. The van der Waals surface area contributed by atoms with E-state index in [9.17, 15) is 4.79 Å². The van der Waals surface area contributed by atoms with Gasteiger partial charge in [0.05, 0.1) is 5.54 Å². The van der Waals surface area contributed by atoms with Crippen LogP contribution in [0.3, 0.4) is 0 Å². The predicted molar refractivity (Wildman–Crippen MR) is 61.7 cm³/mol. The third-order valence-corrected chi connectivity index (χ3v) is 3.07. The second-order valence-corrected chi connectivity index (χ2v) is 4.40. The predicted octanol–water partition coefficient (Wildman–Crippen LogP) is 0.840. The number of pyridine rings is 1. The van der Waals surface area contributed by atoms with E-state index in [4.69, 9.17) is 0 Å². The van der Waals surface area contributed by atoms with Crippen LogP contribution in [0.2, 0.25) is 0 Å². The van der Waals surface area contributed by atoms with E-state index in [1.54, 1.807) is 12.4 Å². The Hall–Kier alpha value is -1.42. The highest BCUT2D eigenvalue weighted by atomic mass is 16.2. The van der Waals surface area contributed by atoms with Gasteiger partial charge in [-0.25, -0.2) is 0 Å². The quantitative estimate of drug-likeness (QED) is 0.792. The Labute approximate surface area is 95.5 Å². The van der Waals surface area contributed by atoms with Crippen molar-refractivity contribution in [2.24, 2.45) is 0 Å². The molecule has 2 N–H and O–H groups in total. The molecule has 1 aromatic rings. The molecule has 0 bridgehead atoms. The summed E-state index contributed by atoms with van der Waals surface area (Å²) in [6.07, 6.45) is 5.45. The van der Waals surface area contributed by atoms with Gasteiger partial charge in [0.15, 0.2) is 0 Å². The smallest absolute Gasteiger partial charge is 0.240 e. The molecule has 1 fully saturated rings. The largest absolute Gasteiger partial charge is 0.350 e. The molecule has 0 radical (unpaired) electrons. The SMILES string of the molecule is CC1(C(=O)NCc2ccncc2)CCCN1. The van der Waals surface area contributed by atoms with Crippen molar-refractivity contribution in [3.05, 3.63) is 30.1 Å². The van der Waals surface area contributed by atoms with Crippen LogP contribution >= 0.6 is 0 Å². The van der Waals surface area contributed by atoms with Gasteiger partial charge in [0.2, 0.25) is 5.91 Å². The molecule has 2 rings (SSSR count). The van der Waals surface area contributed by atoms with Gasteiger partial charge in [-0.05, 0) is 44.0 Å². The molecule has 0 saturated carbocycles. The third kappa shape index (κ3) is 2.39. The summed E-state index contributed by atoms with van der Waals surface area (Å²) in [5.74, 6) is 0.0850. The van der Waals surface area contributed by atoms with Crippen molar-refractivity contribution in [3.63, 3.8) is 0 Å². The number of hydrogen-bond acceptors (Lipinski definition) is 3. The fourth-order valence-corrected chi connectivity index (χ4v) is 1.97. The van der Waals surface area contributed by atoms with Gasteiger partial charge in [-0.1, -0.05) is 0 Å². The molecule has 1 saturated heterocycles. The van der Waals surface area contributed by atoms with Crippen LogP contribution in [-0.2, 0) is 11.3 Å². The summed E-state index contributed by atoms with van der Waals surface area (Å²) in [7, 11) is 0. The summed E-state index contributed by atoms with van der Waals surface area (Å²) < 4.78 is 0. The van der Waals surface area contributed by atoms with Crippen LogP contribution in [0.5, 0.6) is 0 Å². The van der Waals surface area contributed by atoms with E-state index in [1.807, 2.05) is 19.1 Å². The minimum absolute atomic E-state index is 0.0850. The maximum Gasteiger partial charge on any atom is 0.240 e. The van der Waals surface area contributed by atoms with Gasteiger partial charge in [-0.15, -0.1) is 0 Å². The summed E-state index contributed by atoms with van der Waals surface area (Å²) >= 11 is 0. The van der Waals surface area contributed by atoms with Crippen molar-refractivity contribution in [3.8, 4) is 0 Å². The fraction of sp³-hybridized carbons (Fsp3) is 0.500. The minimum atomic E-state index is -0.382. The average Bonchev–Trinajstić information content (AvgIpc) is 2.76. The lowest BCUT2D eigenvalue weighted by Gasteiger charge is -2.22. The average molecular weight is 219 g/mol. The zero-order chi connectivity index (χ0) is 11.4. The first-order chi connectivity index (χ1) is 7.71. The normalized spacial score (nSPS) is 24.3. The number of carbonyl (C=O) groups excluding carboxylic acids is 1. The summed E-state index contributed by atoms with van der Waals surface area (Å²) in [6, 6.07) is 3.81. The van der Waals surface area contributed by atoms with Crippen molar-refractivity contribution in [2.45, 2.75) is 31.8 Å². The zero-order valence-corrected chi connectivity index (χ0v) is 9.49. The maximum absolute atomic E-state index is 12.0. The number of nitrogens with zero attached hydrogens (tertiary/aromatic N) is 1. The lowest BCUT2D eigenvalue weighted by atomic mass is 9.99. The third-order valence-electron chi connectivity index (χ3n) is 3.07. The Balaban J connectivity index is 1.89. The van der Waals surface area contributed by atoms with Crippen LogP contribution in [0.25, 0.3) is 0 Å². The Kier molecular flexibility index (Phi) is 3.19. The highest BCUT2D eigenvalue weighted by molar-refractivity contribution is 5.86. The molecule has 1 aromatic heterocycles. The van der Waals surface area contributed by atoms with Crippen molar-refractivity contribution in [1.29, 1.82) is 0 Å². The van der Waals surface area contributed by atoms with E-state index >= 15 is 0 Å². The molecule has 4 nitrogen and oxygen atoms in total. The van der Waals surface area contributed by atoms with Crippen LogP contribution in [-0.4, -0.2) is 23.0 Å². The Morgan fingerprint density at radius 2 is 2.31 bits per heavy atom. The summed E-state index contributed by atoms with van der Waals surface area (Å²) in [6.45, 7) is 3.46. The van der Waals surface area contributed by atoms with E-state index in [0.29, 0.717) is 6.54 Å². The van der Waals surface area contributed by atoms with E-state index in [1.165, 1.54) is 0 Å². The molecule has 2 heterocycles. The standard InChI is InChI=1S/C12H17N3O/c1-12(5-2-6-15-12)11(16)14-9-10-3-7-13-8-4-10/h3-4,7-8,15H,2,5-6,9H2,1H3,(H,14,16). The van der Waals surface area contributed by atoms with E-state index < -0.39 is 0 Å². The minimum Gasteiger partial charge on any atom is -0.350 e. The van der Waals surface area contributed by atoms with Gasteiger partial charge in [0.1, 0.15) is 0 Å². The molecule has 0 spiro atoms. The summed E-state index contributed by atoms with van der Waals surface area (Å²) in [4.78, 5) is 15.9. The first-order valence-electron chi connectivity index (χ1n) is 5.63. The lowest BCUT2D eigenvalue weighted by molar-refractivity contribution is -0.126. The topological polar surface area (TPSA) is 54.0 Å². The van der Waals surface area contributed by atoms with Gasteiger partial charge >= 0.3 is 0 Å². The van der Waals surface area contributed by atoms with E-state index in [-0.39, 0.29) is 11.4 Å². The first-order valence-corrected chi connectivity index (χ1v) is 5.63. The van der Waals surface area contributed by atoms with Gasteiger partial charge in [0.25, 0.3) is 0 Å². The van der Waals surface area contributed by atoms with Crippen LogP contribution < -0.4 is 10.6 Å². The van der Waals surface area contributed by atoms with Crippen LogP contribution in [0.1, 0.15) is 25.3 Å². The van der Waals surface area contributed by atoms with Crippen molar-refractivity contribution in [1.82, 2.24) is 15.6 Å². The van der Waals surface area contributed by atoms with Crippen molar-refractivity contribution in [2.75, 3.05) is 6.54 Å². The molecule has 86 valence electrons. The highest BCUT2D eigenvalue weighted by Crippen LogP contribution is 2.18. The first kappa shape index (κ1) is 11.1. The van der Waals surface area contributed by atoms with E-state index in [2.05, 4.69) is 15.6 Å². The molecule has 1 aliphatic rings. The van der Waals surface area contributed by atoms with Gasteiger partial charge in [0, 0.05) is 18.9 Å². The lowest BCUT2D eigenvalue weighted by Crippen LogP contribution is -2.50. The second-order valence-electron chi connectivity index (χ2n) is 4.40. The summed E-state index contributed by atoms with van der Waals surface area (Å²) in [5, 5.41) is 6.20. The monoisotopic (exact) mass is 219 g/mol. The van der Waals surface area contributed by atoms with Crippen molar-refractivity contribution < 1.29 is 4.79 Å². The number of rotatable bonds is 3. The molecule has 4 heteroatoms. The van der Waals surface area contributed by atoms with Crippen LogP contribution in [0.15, 0.2) is 24.5 Å². The molecular weight excluding hydrogens is 202 g/mol. The number of aromatic nitrogens is 1. The highest BCUT2D eigenvalue weighted by Gasteiger charge is 2.35. The van der Waals surface area contributed by atoms with Gasteiger partial charge in [-0.2, -0.15) is 0 Å². The summed E-state index contributed by atoms with van der Waals surface area (Å²) in [5.41, 5.74) is 0.692. The molecular formula is C12H17N3O. The van der Waals surface area contributed by atoms with Gasteiger partial charge < -0.3 is 10.6 Å². The van der Waals surface area contributed by atoms with Crippen LogP contribution in [0.4, 0.5) is 0 Å². The molecule has 0 aromatic carbocycles. The second kappa shape index (κ2) is 4.61. The van der Waals surface area contributed by atoms with Crippen molar-refractivity contribution >= 4 is 5.91 Å². The molecule has 1 unspecified atom stereocenters. The molecule has 16 heavy (non-hydrogen) atoms. The number of nitrogens with one attached hydrogen (secondary N) is 2. The Bertz CT molecular complexity index is 358. The molecule has 1 amide bonds. The number of amides is 1. The van der Waals surface area contributed by atoms with E-state index in [0.717, 1.165) is 24.9 Å². The zero-order valence-electron chi connectivity index (χ0n) is 9.49. The maximum atomic E-state index is 12.0. The number of hydrogen-bond donors (Lipinski definition) is 2. The van der Waals surface area contributed by atoms with Gasteiger partial charge in [-0.3, -0.25) is 9.78 Å². The molecule has 0 aliphatic carbocycles. The Morgan fingerprint density at radius 1 is 1.56 bits per heavy atom. The molecule has 1 atom stereocenters. The van der Waals surface area contributed by atoms with Crippen LogP contribution in [0, 0.1) is 0 Å². The number of carbonyl (C=O) groups is 1. The fourth-order valence-electron chi connectivity index (χ4n) is 1.97. The Morgan fingerprint density at radius 3 is 2.94 bits per heavy atom.